The number of amides is 1. The minimum Gasteiger partial charge on any atom is -0.455 e. The Kier molecular flexibility index (Phi) is 4.41. The van der Waals surface area contributed by atoms with Crippen LogP contribution in [0.3, 0.4) is 0 Å². The topological polar surface area (TPSA) is 71.2 Å². The van der Waals surface area contributed by atoms with Crippen molar-refractivity contribution in [2.45, 2.75) is 0 Å². The normalized spacial score (nSPS) is 10.5. The molecule has 1 heterocycles. The van der Waals surface area contributed by atoms with Crippen molar-refractivity contribution in [1.29, 1.82) is 0 Å². The average Bonchev–Trinajstić information content (AvgIpc) is 2.70. The summed E-state index contributed by atoms with van der Waals surface area (Å²) in [6, 6.07) is 25.2. The van der Waals surface area contributed by atoms with Gasteiger partial charge in [-0.2, -0.15) is 0 Å². The number of aromatic amines is 1. The number of hydrogen-bond donors (Lipinski definition) is 2. The Labute approximate surface area is 155 Å². The number of H-pyrrole nitrogens is 1. The quantitative estimate of drug-likeness (QED) is 0.562. The van der Waals surface area contributed by atoms with Gasteiger partial charge in [0.15, 0.2) is 5.75 Å². The van der Waals surface area contributed by atoms with Gasteiger partial charge in [0.1, 0.15) is 11.4 Å². The fourth-order valence-electron chi connectivity index (χ4n) is 2.80. The van der Waals surface area contributed by atoms with Crippen LogP contribution in [0.15, 0.2) is 89.7 Å². The van der Waals surface area contributed by atoms with E-state index < -0.39 is 5.91 Å². The maximum absolute atomic E-state index is 12.7. The van der Waals surface area contributed by atoms with Crippen molar-refractivity contribution in [3.8, 4) is 11.5 Å². The van der Waals surface area contributed by atoms with E-state index in [1.54, 1.807) is 42.5 Å². The smallest absolute Gasteiger partial charge is 0.272 e. The lowest BCUT2D eigenvalue weighted by Gasteiger charge is -2.12. The van der Waals surface area contributed by atoms with Crippen LogP contribution in [0.1, 0.15) is 10.5 Å². The van der Waals surface area contributed by atoms with Gasteiger partial charge in [0.2, 0.25) is 0 Å². The summed E-state index contributed by atoms with van der Waals surface area (Å²) in [6.45, 7) is 0. The zero-order chi connectivity index (χ0) is 18.6. The highest BCUT2D eigenvalue weighted by Crippen LogP contribution is 2.29. The Bertz CT molecular complexity index is 1170. The van der Waals surface area contributed by atoms with Crippen molar-refractivity contribution in [1.82, 2.24) is 4.98 Å². The van der Waals surface area contributed by atoms with Crippen LogP contribution in [0.5, 0.6) is 11.5 Å². The van der Waals surface area contributed by atoms with Gasteiger partial charge in [0.05, 0.1) is 5.69 Å². The Hall–Kier alpha value is -3.86. The molecule has 0 aliphatic rings. The standard InChI is InChI=1S/C22H16N2O3/c25-21-17-11-5-4-8-15(17)14-19(24-21)22(26)23-18-12-6-7-13-20(18)27-16-9-2-1-3-10-16/h1-14H,(H,23,26)(H,24,25). The Morgan fingerprint density at radius 3 is 2.41 bits per heavy atom. The summed E-state index contributed by atoms with van der Waals surface area (Å²) in [7, 11) is 0. The van der Waals surface area contributed by atoms with E-state index in [9.17, 15) is 9.59 Å². The molecule has 4 rings (SSSR count). The van der Waals surface area contributed by atoms with Gasteiger partial charge >= 0.3 is 0 Å². The summed E-state index contributed by atoms with van der Waals surface area (Å²) in [5, 5.41) is 4.06. The number of anilines is 1. The number of benzene rings is 3. The molecule has 0 spiro atoms. The lowest BCUT2D eigenvalue weighted by Crippen LogP contribution is -2.19. The van der Waals surface area contributed by atoms with Crippen LogP contribution < -0.4 is 15.6 Å². The summed E-state index contributed by atoms with van der Waals surface area (Å²) < 4.78 is 5.85. The number of carbonyl (C=O) groups is 1. The molecule has 1 amide bonds. The van der Waals surface area contributed by atoms with Gasteiger partial charge in [-0.15, -0.1) is 0 Å². The Morgan fingerprint density at radius 2 is 1.56 bits per heavy atom. The number of carbonyl (C=O) groups excluding carboxylic acids is 1. The molecule has 132 valence electrons. The molecule has 0 aliphatic carbocycles. The predicted molar refractivity (Wildman–Crippen MR) is 105 cm³/mol. The molecule has 1 aromatic heterocycles. The third-order valence-electron chi connectivity index (χ3n) is 4.10. The van der Waals surface area contributed by atoms with Crippen LogP contribution in [0, 0.1) is 0 Å². The van der Waals surface area contributed by atoms with Gasteiger partial charge in [-0.25, -0.2) is 0 Å². The Morgan fingerprint density at radius 1 is 0.852 bits per heavy atom. The first-order chi connectivity index (χ1) is 13.2. The number of para-hydroxylation sites is 3. The van der Waals surface area contributed by atoms with Crippen LogP contribution in [0.4, 0.5) is 5.69 Å². The molecule has 0 unspecified atom stereocenters. The third kappa shape index (κ3) is 3.57. The summed E-state index contributed by atoms with van der Waals surface area (Å²) >= 11 is 0. The molecule has 0 aliphatic heterocycles. The summed E-state index contributed by atoms with van der Waals surface area (Å²) in [6.07, 6.45) is 0. The maximum atomic E-state index is 12.7. The number of aromatic nitrogens is 1. The van der Waals surface area contributed by atoms with E-state index in [2.05, 4.69) is 10.3 Å². The van der Waals surface area contributed by atoms with E-state index in [0.717, 1.165) is 0 Å². The molecule has 0 saturated heterocycles. The summed E-state index contributed by atoms with van der Waals surface area (Å²) in [4.78, 5) is 27.5. The second-order valence-corrected chi connectivity index (χ2v) is 5.96. The van der Waals surface area contributed by atoms with Gasteiger partial charge in [-0.05, 0) is 41.8 Å². The first kappa shape index (κ1) is 16.6. The molecule has 0 bridgehead atoms. The fourth-order valence-corrected chi connectivity index (χ4v) is 2.80. The average molecular weight is 356 g/mol. The van der Waals surface area contributed by atoms with E-state index >= 15 is 0 Å². The highest BCUT2D eigenvalue weighted by atomic mass is 16.5. The lowest BCUT2D eigenvalue weighted by atomic mass is 10.1. The minimum absolute atomic E-state index is 0.188. The van der Waals surface area contributed by atoms with Crippen molar-refractivity contribution in [2.24, 2.45) is 0 Å². The van der Waals surface area contributed by atoms with E-state index in [-0.39, 0.29) is 11.3 Å². The largest absolute Gasteiger partial charge is 0.455 e. The molecule has 5 nitrogen and oxygen atoms in total. The zero-order valence-corrected chi connectivity index (χ0v) is 14.3. The van der Waals surface area contributed by atoms with Crippen molar-refractivity contribution in [2.75, 3.05) is 5.32 Å². The number of rotatable bonds is 4. The number of fused-ring (bicyclic) bond motifs is 1. The minimum atomic E-state index is -0.415. The van der Waals surface area contributed by atoms with E-state index in [4.69, 9.17) is 4.74 Å². The fraction of sp³-hybridized carbons (Fsp3) is 0. The molecule has 0 radical (unpaired) electrons. The second-order valence-electron chi connectivity index (χ2n) is 5.96. The van der Waals surface area contributed by atoms with Crippen molar-refractivity contribution >= 4 is 22.4 Å². The molecule has 2 N–H and O–H groups in total. The van der Waals surface area contributed by atoms with Gasteiger partial charge in [0, 0.05) is 5.39 Å². The number of pyridine rings is 1. The van der Waals surface area contributed by atoms with Crippen LogP contribution in [-0.2, 0) is 0 Å². The van der Waals surface area contributed by atoms with Gasteiger partial charge < -0.3 is 15.0 Å². The Balaban J connectivity index is 1.63. The van der Waals surface area contributed by atoms with Crippen molar-refractivity contribution in [3.05, 3.63) is 101 Å². The molecule has 5 heteroatoms. The molecule has 3 aromatic carbocycles. The van der Waals surface area contributed by atoms with Gasteiger partial charge in [-0.1, -0.05) is 48.5 Å². The molecule has 0 saturated carbocycles. The maximum Gasteiger partial charge on any atom is 0.272 e. The van der Waals surface area contributed by atoms with Gasteiger partial charge in [0.25, 0.3) is 11.5 Å². The predicted octanol–water partition coefficient (Wildman–Crippen LogP) is 4.57. The monoisotopic (exact) mass is 356 g/mol. The van der Waals surface area contributed by atoms with E-state index in [1.165, 1.54) is 0 Å². The van der Waals surface area contributed by atoms with E-state index in [1.807, 2.05) is 42.5 Å². The highest BCUT2D eigenvalue weighted by molar-refractivity contribution is 6.05. The lowest BCUT2D eigenvalue weighted by molar-refractivity contribution is 0.102. The van der Waals surface area contributed by atoms with Crippen molar-refractivity contribution in [3.63, 3.8) is 0 Å². The zero-order valence-electron chi connectivity index (χ0n) is 14.3. The molecule has 0 atom stereocenters. The van der Waals surface area contributed by atoms with Gasteiger partial charge in [-0.3, -0.25) is 9.59 Å². The first-order valence-corrected chi connectivity index (χ1v) is 8.46. The third-order valence-corrected chi connectivity index (χ3v) is 4.10. The highest BCUT2D eigenvalue weighted by Gasteiger charge is 2.12. The van der Waals surface area contributed by atoms with Crippen LogP contribution >= 0.6 is 0 Å². The van der Waals surface area contributed by atoms with Crippen molar-refractivity contribution < 1.29 is 9.53 Å². The number of hydrogen-bond acceptors (Lipinski definition) is 3. The van der Waals surface area contributed by atoms with Crippen LogP contribution in [0.2, 0.25) is 0 Å². The number of nitrogens with one attached hydrogen (secondary N) is 2. The SMILES string of the molecule is O=C(Nc1ccccc1Oc1ccccc1)c1cc2ccccc2c(=O)[nH]1. The molecule has 4 aromatic rings. The molecular weight excluding hydrogens is 340 g/mol. The number of ether oxygens (including phenoxy) is 1. The molecular formula is C22H16N2O3. The van der Waals surface area contributed by atoms with Crippen LogP contribution in [-0.4, -0.2) is 10.9 Å². The first-order valence-electron chi connectivity index (χ1n) is 8.46. The summed E-state index contributed by atoms with van der Waals surface area (Å²) in [5.74, 6) is 0.764. The molecule has 0 fully saturated rings. The van der Waals surface area contributed by atoms with Crippen LogP contribution in [0.25, 0.3) is 10.8 Å². The summed E-state index contributed by atoms with van der Waals surface area (Å²) in [5.41, 5.74) is 0.403. The molecule has 27 heavy (non-hydrogen) atoms. The second kappa shape index (κ2) is 7.17. The van der Waals surface area contributed by atoms with E-state index in [0.29, 0.717) is 28.0 Å².